The highest BCUT2D eigenvalue weighted by molar-refractivity contribution is 6.30. The lowest BCUT2D eigenvalue weighted by Crippen LogP contribution is -2.37. The molecule has 6 rings (SSSR count). The lowest BCUT2D eigenvalue weighted by Gasteiger charge is -2.32. The number of nitrogens with zero attached hydrogens (tertiary/aromatic N) is 3. The molecule has 0 radical (unpaired) electrons. The van der Waals surface area contributed by atoms with E-state index in [4.69, 9.17) is 16.6 Å². The molecule has 1 fully saturated rings. The third-order valence-electron chi connectivity index (χ3n) is 7.87. The van der Waals surface area contributed by atoms with Crippen LogP contribution in [0.3, 0.4) is 0 Å². The van der Waals surface area contributed by atoms with Crippen molar-refractivity contribution in [3.05, 3.63) is 112 Å². The first kappa shape index (κ1) is 26.4. The number of hydrogen-bond acceptors (Lipinski definition) is 5. The van der Waals surface area contributed by atoms with Gasteiger partial charge in [0.25, 0.3) is 5.91 Å². The van der Waals surface area contributed by atoms with Crippen LogP contribution < -0.4 is 15.5 Å². The Morgan fingerprint density at radius 3 is 2.75 bits per heavy atom. The molecule has 0 spiro atoms. The summed E-state index contributed by atoms with van der Waals surface area (Å²) in [6, 6.07) is 26.7. The smallest absolute Gasteiger partial charge is 0.251 e. The quantitative estimate of drug-likeness (QED) is 0.289. The summed E-state index contributed by atoms with van der Waals surface area (Å²) in [5.74, 6) is 0.851. The minimum absolute atomic E-state index is 0.0287. The molecule has 1 saturated heterocycles. The maximum Gasteiger partial charge on any atom is 0.251 e. The number of benzene rings is 3. The molecule has 1 amide bonds. The molecule has 1 aromatic heterocycles. The molecular weight excluding hydrogens is 518 g/mol. The first-order chi connectivity index (χ1) is 19.5. The van der Waals surface area contributed by atoms with E-state index in [1.807, 2.05) is 48.7 Å². The van der Waals surface area contributed by atoms with Crippen LogP contribution in [0.4, 0.5) is 11.5 Å². The van der Waals surface area contributed by atoms with Gasteiger partial charge in [0, 0.05) is 67.7 Å². The summed E-state index contributed by atoms with van der Waals surface area (Å²) in [5.41, 5.74) is 7.42. The highest BCUT2D eigenvalue weighted by Crippen LogP contribution is 2.33. The van der Waals surface area contributed by atoms with Crippen molar-refractivity contribution in [2.75, 3.05) is 36.4 Å². The molecule has 1 atom stereocenters. The predicted octanol–water partition coefficient (Wildman–Crippen LogP) is 6.15. The Kier molecular flexibility index (Phi) is 7.71. The summed E-state index contributed by atoms with van der Waals surface area (Å²) in [6.07, 6.45) is 2.84. The van der Waals surface area contributed by atoms with Crippen LogP contribution in [0.25, 0.3) is 11.1 Å². The Balaban J connectivity index is 1.15. The maximum absolute atomic E-state index is 13.2. The van der Waals surface area contributed by atoms with Crippen molar-refractivity contribution in [1.82, 2.24) is 15.2 Å². The van der Waals surface area contributed by atoms with Crippen molar-refractivity contribution in [3.63, 3.8) is 0 Å². The molecule has 7 heteroatoms. The van der Waals surface area contributed by atoms with Crippen molar-refractivity contribution < 1.29 is 4.79 Å². The first-order valence-electron chi connectivity index (χ1n) is 13.9. The van der Waals surface area contributed by atoms with Crippen molar-refractivity contribution in [2.45, 2.75) is 32.5 Å². The Bertz CT molecular complexity index is 1510. The standard InChI is InChI=1S/C33H34ClN5O/c1-23-10-11-29(34)17-28(23)21-39-15-13-35-32-31(39)18-27(19-36-32)25-8-5-9-26(16-25)33(40)37-30-12-14-38(22-30)20-24-6-3-2-4-7-24/h2-11,16-19,30H,12-15,20-22H2,1H3,(H,35,36)(H,37,40). The molecule has 2 aliphatic rings. The Labute approximate surface area is 241 Å². The third kappa shape index (κ3) is 5.98. The molecule has 3 heterocycles. The topological polar surface area (TPSA) is 60.5 Å². The van der Waals surface area contributed by atoms with E-state index in [-0.39, 0.29) is 11.9 Å². The summed E-state index contributed by atoms with van der Waals surface area (Å²) in [6.45, 7) is 7.35. The monoisotopic (exact) mass is 551 g/mol. The molecule has 2 N–H and O–H groups in total. The van der Waals surface area contributed by atoms with Gasteiger partial charge in [0.15, 0.2) is 0 Å². The van der Waals surface area contributed by atoms with Gasteiger partial charge in [0.05, 0.1) is 5.69 Å². The van der Waals surface area contributed by atoms with Crippen LogP contribution >= 0.6 is 11.6 Å². The number of nitrogens with one attached hydrogen (secondary N) is 2. The minimum atomic E-state index is -0.0287. The zero-order chi connectivity index (χ0) is 27.5. The van der Waals surface area contributed by atoms with Crippen molar-refractivity contribution in [3.8, 4) is 11.1 Å². The number of anilines is 2. The molecule has 3 aromatic carbocycles. The van der Waals surface area contributed by atoms with Crippen LogP contribution in [0.1, 0.15) is 33.5 Å². The van der Waals surface area contributed by atoms with Crippen LogP contribution in [-0.4, -0.2) is 48.0 Å². The van der Waals surface area contributed by atoms with Gasteiger partial charge in [-0.3, -0.25) is 9.69 Å². The lowest BCUT2D eigenvalue weighted by atomic mass is 10.0. The molecular formula is C33H34ClN5O. The maximum atomic E-state index is 13.2. The SMILES string of the molecule is Cc1ccc(Cl)cc1CN1CCNc2ncc(-c3cccc(C(=O)NC4CCN(Cc5ccccc5)C4)c3)cc21. The second kappa shape index (κ2) is 11.7. The average molecular weight is 552 g/mol. The number of fused-ring (bicyclic) bond motifs is 1. The van der Waals surface area contributed by atoms with Crippen molar-refractivity contribution >= 4 is 29.0 Å². The molecule has 1 unspecified atom stereocenters. The van der Waals surface area contributed by atoms with Crippen LogP contribution in [0.2, 0.25) is 5.02 Å². The Morgan fingerprint density at radius 1 is 1.00 bits per heavy atom. The van der Waals surface area contributed by atoms with E-state index < -0.39 is 0 Å². The highest BCUT2D eigenvalue weighted by Gasteiger charge is 2.25. The zero-order valence-electron chi connectivity index (χ0n) is 22.7. The number of amides is 1. The Hall–Kier alpha value is -3.87. The average Bonchev–Trinajstić information content (AvgIpc) is 3.42. The number of likely N-dealkylation sites (tertiary alicyclic amines) is 1. The largest absolute Gasteiger partial charge is 0.367 e. The summed E-state index contributed by atoms with van der Waals surface area (Å²) in [5, 5.41) is 7.43. The first-order valence-corrected chi connectivity index (χ1v) is 14.3. The van der Waals surface area contributed by atoms with Gasteiger partial charge in [-0.05, 0) is 65.9 Å². The van der Waals surface area contributed by atoms with Gasteiger partial charge in [-0.1, -0.05) is 60.1 Å². The van der Waals surface area contributed by atoms with Crippen LogP contribution in [0.5, 0.6) is 0 Å². The summed E-state index contributed by atoms with van der Waals surface area (Å²) in [7, 11) is 0. The number of aromatic nitrogens is 1. The number of halogens is 1. The van der Waals surface area contributed by atoms with E-state index in [1.165, 1.54) is 16.7 Å². The van der Waals surface area contributed by atoms with Crippen molar-refractivity contribution in [2.24, 2.45) is 0 Å². The zero-order valence-corrected chi connectivity index (χ0v) is 23.5. The normalized spacial score (nSPS) is 16.9. The van der Waals surface area contributed by atoms with Gasteiger partial charge in [-0.25, -0.2) is 4.98 Å². The van der Waals surface area contributed by atoms with Gasteiger partial charge in [0.2, 0.25) is 0 Å². The fraction of sp³-hybridized carbons (Fsp3) is 0.273. The number of carbonyl (C=O) groups excluding carboxylic acids is 1. The van der Waals surface area contributed by atoms with Gasteiger partial charge in [-0.15, -0.1) is 0 Å². The van der Waals surface area contributed by atoms with Gasteiger partial charge >= 0.3 is 0 Å². The van der Waals surface area contributed by atoms with E-state index >= 15 is 0 Å². The lowest BCUT2D eigenvalue weighted by molar-refractivity contribution is 0.0937. The summed E-state index contributed by atoms with van der Waals surface area (Å²) >= 11 is 6.30. The fourth-order valence-corrected chi connectivity index (χ4v) is 5.84. The van der Waals surface area contributed by atoms with Gasteiger partial charge < -0.3 is 15.5 Å². The molecule has 204 valence electrons. The Morgan fingerprint density at radius 2 is 1.88 bits per heavy atom. The van der Waals surface area contributed by atoms with Gasteiger partial charge in [-0.2, -0.15) is 0 Å². The van der Waals surface area contributed by atoms with E-state index in [1.54, 1.807) is 0 Å². The molecule has 4 aromatic rings. The summed E-state index contributed by atoms with van der Waals surface area (Å²) in [4.78, 5) is 22.7. The fourth-order valence-electron chi connectivity index (χ4n) is 5.64. The summed E-state index contributed by atoms with van der Waals surface area (Å²) < 4.78 is 0. The molecule has 40 heavy (non-hydrogen) atoms. The molecule has 6 nitrogen and oxygen atoms in total. The highest BCUT2D eigenvalue weighted by atomic mass is 35.5. The van der Waals surface area contributed by atoms with Gasteiger partial charge in [0.1, 0.15) is 5.82 Å². The van der Waals surface area contributed by atoms with E-state index in [2.05, 4.69) is 63.8 Å². The van der Waals surface area contributed by atoms with Crippen LogP contribution in [-0.2, 0) is 13.1 Å². The van der Waals surface area contributed by atoms with E-state index in [0.717, 1.165) is 73.3 Å². The number of pyridine rings is 1. The van der Waals surface area contributed by atoms with Crippen molar-refractivity contribution in [1.29, 1.82) is 0 Å². The minimum Gasteiger partial charge on any atom is -0.367 e. The second-order valence-corrected chi connectivity index (χ2v) is 11.2. The van der Waals surface area contributed by atoms with Crippen LogP contribution in [0.15, 0.2) is 85.1 Å². The van der Waals surface area contributed by atoms with E-state index in [0.29, 0.717) is 5.56 Å². The third-order valence-corrected chi connectivity index (χ3v) is 8.10. The molecule has 0 aliphatic carbocycles. The molecule has 0 saturated carbocycles. The molecule has 2 aliphatic heterocycles. The second-order valence-electron chi connectivity index (χ2n) is 10.8. The van der Waals surface area contributed by atoms with E-state index in [9.17, 15) is 4.79 Å². The van der Waals surface area contributed by atoms with Crippen LogP contribution in [0, 0.1) is 6.92 Å². The number of rotatable bonds is 7. The number of aryl methyl sites for hydroxylation is 1. The number of hydrogen-bond donors (Lipinski definition) is 2. The molecule has 0 bridgehead atoms. The predicted molar refractivity (Wildman–Crippen MR) is 163 cm³/mol. The number of carbonyl (C=O) groups is 1.